The number of ketones is 1. The molecule has 0 bridgehead atoms. The molecule has 25 heavy (non-hydrogen) atoms. The molecule has 0 fully saturated rings. The summed E-state index contributed by atoms with van der Waals surface area (Å²) >= 11 is 0. The highest BCUT2D eigenvalue weighted by atomic mass is 16.5. The minimum atomic E-state index is -0.697. The van der Waals surface area contributed by atoms with Crippen LogP contribution in [-0.4, -0.2) is 27.1 Å². The third kappa shape index (κ3) is 2.94. The van der Waals surface area contributed by atoms with E-state index in [-0.39, 0.29) is 11.1 Å². The maximum absolute atomic E-state index is 12.8. The third-order valence-corrected chi connectivity index (χ3v) is 3.81. The fourth-order valence-corrected chi connectivity index (χ4v) is 2.59. The number of hydrogen-bond donors (Lipinski definition) is 0. The maximum Gasteiger partial charge on any atom is 0.347 e. The van der Waals surface area contributed by atoms with Crippen molar-refractivity contribution in [2.45, 2.75) is 0 Å². The Balaban J connectivity index is 2.15. The number of methoxy groups -OCH3 is 3. The average molecular weight is 340 g/mol. The zero-order valence-corrected chi connectivity index (χ0v) is 14.0. The Bertz CT molecular complexity index is 977. The molecule has 6 heteroatoms. The number of carbonyl (C=O) groups excluding carboxylic acids is 1. The third-order valence-electron chi connectivity index (χ3n) is 3.81. The van der Waals surface area contributed by atoms with Crippen molar-refractivity contribution in [3.8, 4) is 17.2 Å². The SMILES string of the molecule is COc1cc(C(=O)c2cc3ccccc3oc2=O)cc(OC)c1OC. The van der Waals surface area contributed by atoms with Crippen LogP contribution in [0, 0.1) is 0 Å². The maximum atomic E-state index is 12.8. The summed E-state index contributed by atoms with van der Waals surface area (Å²) in [5.41, 5.74) is -0.101. The van der Waals surface area contributed by atoms with Gasteiger partial charge in [-0.1, -0.05) is 18.2 Å². The monoisotopic (exact) mass is 340 g/mol. The van der Waals surface area contributed by atoms with E-state index in [1.807, 2.05) is 0 Å². The number of benzene rings is 2. The van der Waals surface area contributed by atoms with Gasteiger partial charge in [-0.15, -0.1) is 0 Å². The molecule has 0 radical (unpaired) electrons. The Kier molecular flexibility index (Phi) is 4.43. The van der Waals surface area contributed by atoms with Gasteiger partial charge in [0.25, 0.3) is 0 Å². The molecule has 1 heterocycles. The van der Waals surface area contributed by atoms with Gasteiger partial charge in [0.1, 0.15) is 11.1 Å². The number of para-hydroxylation sites is 1. The predicted molar refractivity (Wildman–Crippen MR) is 92.0 cm³/mol. The largest absolute Gasteiger partial charge is 0.493 e. The van der Waals surface area contributed by atoms with Gasteiger partial charge in [-0.2, -0.15) is 0 Å². The van der Waals surface area contributed by atoms with E-state index in [2.05, 4.69) is 0 Å². The van der Waals surface area contributed by atoms with Crippen LogP contribution in [0.4, 0.5) is 0 Å². The lowest BCUT2D eigenvalue weighted by atomic mass is 10.0. The fourth-order valence-electron chi connectivity index (χ4n) is 2.59. The Morgan fingerprint density at radius 2 is 1.56 bits per heavy atom. The highest BCUT2D eigenvalue weighted by Gasteiger charge is 2.21. The molecular formula is C19H16O6. The van der Waals surface area contributed by atoms with Crippen LogP contribution in [0.25, 0.3) is 11.0 Å². The van der Waals surface area contributed by atoms with E-state index in [1.165, 1.54) is 39.5 Å². The molecule has 0 saturated carbocycles. The number of carbonyl (C=O) groups is 1. The van der Waals surface area contributed by atoms with Gasteiger partial charge >= 0.3 is 5.63 Å². The molecule has 128 valence electrons. The molecule has 0 saturated heterocycles. The van der Waals surface area contributed by atoms with Crippen LogP contribution in [0.15, 0.2) is 51.7 Å². The van der Waals surface area contributed by atoms with Crippen molar-refractivity contribution in [3.63, 3.8) is 0 Å². The number of ether oxygens (including phenoxy) is 3. The van der Waals surface area contributed by atoms with Gasteiger partial charge < -0.3 is 18.6 Å². The normalized spacial score (nSPS) is 10.5. The number of fused-ring (bicyclic) bond motifs is 1. The first-order valence-electron chi connectivity index (χ1n) is 7.46. The van der Waals surface area contributed by atoms with E-state index < -0.39 is 11.4 Å². The van der Waals surface area contributed by atoms with Crippen LogP contribution in [0.3, 0.4) is 0 Å². The smallest absolute Gasteiger partial charge is 0.347 e. The zero-order chi connectivity index (χ0) is 18.0. The van der Waals surface area contributed by atoms with Crippen LogP contribution < -0.4 is 19.8 Å². The van der Waals surface area contributed by atoms with E-state index in [0.717, 1.165) is 0 Å². The summed E-state index contributed by atoms with van der Waals surface area (Å²) in [6.45, 7) is 0. The summed E-state index contributed by atoms with van der Waals surface area (Å²) in [4.78, 5) is 25.0. The molecule has 0 aliphatic heterocycles. The number of hydrogen-bond acceptors (Lipinski definition) is 6. The van der Waals surface area contributed by atoms with Crippen molar-refractivity contribution >= 4 is 16.8 Å². The summed E-state index contributed by atoms with van der Waals surface area (Å²) in [6.07, 6.45) is 0. The van der Waals surface area contributed by atoms with Crippen LogP contribution in [0.2, 0.25) is 0 Å². The van der Waals surface area contributed by atoms with Gasteiger partial charge in [-0.3, -0.25) is 4.79 Å². The molecule has 6 nitrogen and oxygen atoms in total. The van der Waals surface area contributed by atoms with Gasteiger partial charge in [-0.05, 0) is 24.3 Å². The van der Waals surface area contributed by atoms with Gasteiger partial charge in [-0.25, -0.2) is 4.79 Å². The topological polar surface area (TPSA) is 75.0 Å². The number of rotatable bonds is 5. The Hall–Kier alpha value is -3.28. The molecule has 0 atom stereocenters. The predicted octanol–water partition coefficient (Wildman–Crippen LogP) is 3.05. The van der Waals surface area contributed by atoms with Crippen molar-refractivity contribution < 1.29 is 23.4 Å². The molecule has 0 aliphatic carbocycles. The van der Waals surface area contributed by atoms with Crippen molar-refractivity contribution in [2.24, 2.45) is 0 Å². The Morgan fingerprint density at radius 3 is 2.16 bits per heavy atom. The van der Waals surface area contributed by atoms with Gasteiger partial charge in [0.05, 0.1) is 21.3 Å². The molecule has 0 N–H and O–H groups in total. The summed E-state index contributed by atoms with van der Waals surface area (Å²) in [6, 6.07) is 11.5. The van der Waals surface area contributed by atoms with Gasteiger partial charge in [0, 0.05) is 10.9 Å². The van der Waals surface area contributed by atoms with Crippen LogP contribution >= 0.6 is 0 Å². The van der Waals surface area contributed by atoms with Crippen LogP contribution in [-0.2, 0) is 0 Å². The van der Waals surface area contributed by atoms with Gasteiger partial charge in [0.2, 0.25) is 11.5 Å². The molecule has 0 unspecified atom stereocenters. The van der Waals surface area contributed by atoms with E-state index in [4.69, 9.17) is 18.6 Å². The summed E-state index contributed by atoms with van der Waals surface area (Å²) < 4.78 is 21.0. The average Bonchev–Trinajstić information content (AvgIpc) is 2.65. The minimum Gasteiger partial charge on any atom is -0.493 e. The van der Waals surface area contributed by atoms with E-state index in [1.54, 1.807) is 24.3 Å². The summed E-state index contributed by atoms with van der Waals surface area (Å²) in [7, 11) is 4.38. The van der Waals surface area contributed by atoms with Crippen molar-refractivity contribution in [3.05, 3.63) is 64.0 Å². The first kappa shape index (κ1) is 16.6. The van der Waals surface area contributed by atoms with Crippen LogP contribution in [0.1, 0.15) is 15.9 Å². The zero-order valence-electron chi connectivity index (χ0n) is 14.0. The minimum absolute atomic E-state index is 0.0621. The lowest BCUT2D eigenvalue weighted by Crippen LogP contribution is -2.15. The molecule has 0 amide bonds. The van der Waals surface area contributed by atoms with Crippen molar-refractivity contribution in [1.29, 1.82) is 0 Å². The lowest BCUT2D eigenvalue weighted by molar-refractivity contribution is 0.103. The Morgan fingerprint density at radius 1 is 0.920 bits per heavy atom. The molecule has 3 aromatic rings. The van der Waals surface area contributed by atoms with Crippen molar-refractivity contribution in [2.75, 3.05) is 21.3 Å². The van der Waals surface area contributed by atoms with E-state index in [0.29, 0.717) is 28.2 Å². The molecule has 0 spiro atoms. The molecule has 2 aromatic carbocycles. The first-order chi connectivity index (χ1) is 12.1. The molecule has 0 aliphatic rings. The van der Waals surface area contributed by atoms with Crippen molar-refractivity contribution in [1.82, 2.24) is 0 Å². The second-order valence-electron chi connectivity index (χ2n) is 5.23. The highest BCUT2D eigenvalue weighted by Crippen LogP contribution is 2.38. The van der Waals surface area contributed by atoms with E-state index in [9.17, 15) is 9.59 Å². The lowest BCUT2D eigenvalue weighted by Gasteiger charge is -2.13. The summed E-state index contributed by atoms with van der Waals surface area (Å²) in [5.74, 6) is 0.539. The molecule has 3 rings (SSSR count). The van der Waals surface area contributed by atoms with Crippen LogP contribution in [0.5, 0.6) is 17.2 Å². The Labute approximate surface area is 143 Å². The van der Waals surface area contributed by atoms with Gasteiger partial charge in [0.15, 0.2) is 11.5 Å². The quantitative estimate of drug-likeness (QED) is 0.525. The van der Waals surface area contributed by atoms with E-state index >= 15 is 0 Å². The highest BCUT2D eigenvalue weighted by molar-refractivity contribution is 6.10. The first-order valence-corrected chi connectivity index (χ1v) is 7.46. The fraction of sp³-hybridized carbons (Fsp3) is 0.158. The molecule has 1 aromatic heterocycles. The standard InChI is InChI=1S/C19H16O6/c1-22-15-9-12(10-16(23-2)18(15)24-3)17(20)13-8-11-6-4-5-7-14(11)25-19(13)21/h4-10H,1-3H3. The second kappa shape index (κ2) is 6.68. The summed E-state index contributed by atoms with van der Waals surface area (Å²) in [5, 5.41) is 0.665. The molecular weight excluding hydrogens is 324 g/mol. The second-order valence-corrected chi connectivity index (χ2v) is 5.23.